The third-order valence-corrected chi connectivity index (χ3v) is 9.60. The lowest BCUT2D eigenvalue weighted by atomic mass is 9.72. The van der Waals surface area contributed by atoms with Crippen LogP contribution in [0.4, 0.5) is 0 Å². The maximum atomic E-state index is 13.7. The summed E-state index contributed by atoms with van der Waals surface area (Å²) in [5.74, 6) is -1.09. The van der Waals surface area contributed by atoms with Crippen LogP contribution in [-0.2, 0) is 29.9 Å². The van der Waals surface area contributed by atoms with Gasteiger partial charge in [0.25, 0.3) is 0 Å². The highest BCUT2D eigenvalue weighted by Crippen LogP contribution is 2.39. The van der Waals surface area contributed by atoms with E-state index in [0.717, 1.165) is 15.9 Å². The molecule has 0 heterocycles. The summed E-state index contributed by atoms with van der Waals surface area (Å²) in [5, 5.41) is 2.28. The summed E-state index contributed by atoms with van der Waals surface area (Å²) >= 11 is 0. The number of ether oxygens (including phenoxy) is 2. The maximum Gasteiger partial charge on any atom is 0.323 e. The fraction of sp³-hybridized carbons (Fsp3) is 0.394. The molecule has 0 bridgehead atoms. The van der Waals surface area contributed by atoms with Gasteiger partial charge in [0.05, 0.1) is 19.3 Å². The standard InChI is InChI=1S/C33H42O5Si/c1-6-36-30(34)33(31(35)37-7-2,24-23-26-17-11-8-12-18-26)25-29(32(3,4)5)38-39(27-19-13-9-14-20-27)28-21-15-10-16-22-28/h8-22,29,39H,6-7,23-25H2,1-5H3. The average molecular weight is 547 g/mol. The molecule has 0 saturated heterocycles. The van der Waals surface area contributed by atoms with Crippen LogP contribution >= 0.6 is 0 Å². The highest BCUT2D eigenvalue weighted by molar-refractivity contribution is 6.80. The number of aryl methyl sites for hydroxylation is 1. The summed E-state index contributed by atoms with van der Waals surface area (Å²) in [5.41, 5.74) is -0.817. The molecular weight excluding hydrogens is 504 g/mol. The van der Waals surface area contributed by atoms with E-state index in [-0.39, 0.29) is 31.5 Å². The second kappa shape index (κ2) is 14.2. The molecule has 1 atom stereocenters. The number of rotatable bonds is 13. The van der Waals surface area contributed by atoms with Crippen LogP contribution in [0.15, 0.2) is 91.0 Å². The number of hydrogen-bond donors (Lipinski definition) is 0. The Hall–Kier alpha value is -3.22. The first-order valence-corrected chi connectivity index (χ1v) is 15.5. The van der Waals surface area contributed by atoms with E-state index in [2.05, 4.69) is 45.0 Å². The summed E-state index contributed by atoms with van der Waals surface area (Å²) in [6.07, 6.45) is 0.560. The van der Waals surface area contributed by atoms with Crippen molar-refractivity contribution in [3.05, 3.63) is 96.6 Å². The third-order valence-electron chi connectivity index (χ3n) is 7.02. The van der Waals surface area contributed by atoms with Crippen molar-refractivity contribution >= 4 is 31.4 Å². The van der Waals surface area contributed by atoms with Crippen molar-refractivity contribution in [1.29, 1.82) is 0 Å². The number of benzene rings is 3. The van der Waals surface area contributed by atoms with Gasteiger partial charge in [-0.3, -0.25) is 9.59 Å². The highest BCUT2D eigenvalue weighted by Gasteiger charge is 2.52. The summed E-state index contributed by atoms with van der Waals surface area (Å²) in [7, 11) is -2.18. The van der Waals surface area contributed by atoms with Gasteiger partial charge in [-0.05, 0) is 54.5 Å². The molecule has 5 nitrogen and oxygen atoms in total. The van der Waals surface area contributed by atoms with Crippen molar-refractivity contribution in [2.75, 3.05) is 13.2 Å². The molecule has 39 heavy (non-hydrogen) atoms. The van der Waals surface area contributed by atoms with Gasteiger partial charge in [-0.25, -0.2) is 0 Å². The molecule has 0 spiro atoms. The van der Waals surface area contributed by atoms with E-state index in [1.54, 1.807) is 13.8 Å². The largest absolute Gasteiger partial charge is 0.465 e. The molecule has 0 aromatic heterocycles. The fourth-order valence-corrected chi connectivity index (χ4v) is 7.42. The molecule has 208 valence electrons. The van der Waals surface area contributed by atoms with Gasteiger partial charge in [0.15, 0.2) is 5.41 Å². The van der Waals surface area contributed by atoms with E-state index >= 15 is 0 Å². The lowest BCUT2D eigenvalue weighted by Crippen LogP contribution is -2.53. The maximum absolute atomic E-state index is 13.7. The lowest BCUT2D eigenvalue weighted by molar-refractivity contribution is -0.176. The van der Waals surface area contributed by atoms with Crippen molar-refractivity contribution in [2.45, 2.75) is 60.0 Å². The zero-order valence-corrected chi connectivity index (χ0v) is 25.0. The predicted octanol–water partition coefficient (Wildman–Crippen LogP) is 5.09. The molecular formula is C33H42O5Si. The van der Waals surface area contributed by atoms with Gasteiger partial charge in [-0.1, -0.05) is 112 Å². The molecule has 3 aromatic rings. The van der Waals surface area contributed by atoms with Crippen LogP contribution in [0.5, 0.6) is 0 Å². The van der Waals surface area contributed by atoms with Gasteiger partial charge in [0, 0.05) is 0 Å². The first-order valence-electron chi connectivity index (χ1n) is 13.8. The zero-order valence-electron chi connectivity index (χ0n) is 23.9. The van der Waals surface area contributed by atoms with Crippen LogP contribution in [0.2, 0.25) is 0 Å². The van der Waals surface area contributed by atoms with Gasteiger partial charge in [-0.15, -0.1) is 0 Å². The van der Waals surface area contributed by atoms with Crippen LogP contribution in [0.3, 0.4) is 0 Å². The minimum Gasteiger partial charge on any atom is -0.465 e. The SMILES string of the molecule is CCOC(=O)C(CCc1ccccc1)(CC(O[SiH](c1ccccc1)c1ccccc1)C(C)(C)C)C(=O)OCC. The van der Waals surface area contributed by atoms with Crippen molar-refractivity contribution in [3.8, 4) is 0 Å². The number of carbonyl (C=O) groups excluding carboxylic acids is 2. The lowest BCUT2D eigenvalue weighted by Gasteiger charge is -2.40. The number of carbonyl (C=O) groups is 2. The predicted molar refractivity (Wildman–Crippen MR) is 159 cm³/mol. The Morgan fingerprint density at radius 1 is 0.718 bits per heavy atom. The monoisotopic (exact) mass is 546 g/mol. The average Bonchev–Trinajstić information content (AvgIpc) is 2.94. The Kier molecular flexibility index (Phi) is 11.1. The van der Waals surface area contributed by atoms with Gasteiger partial charge >= 0.3 is 11.9 Å². The first-order chi connectivity index (χ1) is 18.7. The molecule has 0 amide bonds. The second-order valence-corrected chi connectivity index (χ2v) is 13.3. The molecule has 0 N–H and O–H groups in total. The molecule has 3 aromatic carbocycles. The third kappa shape index (κ3) is 8.13. The number of hydrogen-bond acceptors (Lipinski definition) is 5. The van der Waals surface area contributed by atoms with Crippen molar-refractivity contribution in [2.24, 2.45) is 10.8 Å². The van der Waals surface area contributed by atoms with Crippen molar-refractivity contribution in [3.63, 3.8) is 0 Å². The van der Waals surface area contributed by atoms with Crippen molar-refractivity contribution < 1.29 is 23.5 Å². The summed E-state index contributed by atoms with van der Waals surface area (Å²) in [4.78, 5) is 27.4. The normalized spacial score (nSPS) is 12.7. The Morgan fingerprint density at radius 3 is 1.56 bits per heavy atom. The zero-order chi connectivity index (χ0) is 28.3. The van der Waals surface area contributed by atoms with Gasteiger partial charge in [-0.2, -0.15) is 0 Å². The number of esters is 2. The smallest absolute Gasteiger partial charge is 0.323 e. The van der Waals surface area contributed by atoms with Crippen molar-refractivity contribution in [1.82, 2.24) is 0 Å². The van der Waals surface area contributed by atoms with E-state index in [1.807, 2.05) is 66.7 Å². The topological polar surface area (TPSA) is 61.8 Å². The van der Waals surface area contributed by atoms with Crippen LogP contribution in [0, 0.1) is 10.8 Å². The summed E-state index contributed by atoms with van der Waals surface area (Å²) in [6, 6.07) is 30.4. The van der Waals surface area contributed by atoms with Gasteiger partial charge in [0.2, 0.25) is 9.04 Å². The van der Waals surface area contributed by atoms with E-state index in [1.165, 1.54) is 0 Å². The molecule has 1 unspecified atom stereocenters. The summed E-state index contributed by atoms with van der Waals surface area (Å²) < 4.78 is 18.2. The van der Waals surface area contributed by atoms with Gasteiger partial charge < -0.3 is 13.9 Å². The highest BCUT2D eigenvalue weighted by atomic mass is 28.3. The molecule has 6 heteroatoms. The molecule has 0 aliphatic rings. The fourth-order valence-electron chi connectivity index (χ4n) is 4.74. The Bertz CT molecular complexity index is 1100. The molecule has 3 rings (SSSR count). The van der Waals surface area contributed by atoms with Crippen LogP contribution in [0.1, 0.15) is 53.0 Å². The molecule has 0 aliphatic heterocycles. The molecule has 0 saturated carbocycles. The van der Waals surface area contributed by atoms with Crippen LogP contribution < -0.4 is 10.4 Å². The molecule has 0 fully saturated rings. The van der Waals surface area contributed by atoms with E-state index in [4.69, 9.17) is 13.9 Å². The molecule has 0 aliphatic carbocycles. The first kappa shape index (κ1) is 30.3. The van der Waals surface area contributed by atoms with Crippen LogP contribution in [-0.4, -0.2) is 40.3 Å². The molecule has 0 radical (unpaired) electrons. The summed E-state index contributed by atoms with van der Waals surface area (Å²) in [6.45, 7) is 10.2. The van der Waals surface area contributed by atoms with E-state index in [0.29, 0.717) is 6.42 Å². The minimum atomic E-state index is -2.18. The van der Waals surface area contributed by atoms with E-state index < -0.39 is 32.5 Å². The Balaban J connectivity index is 2.07. The minimum absolute atomic E-state index is 0.171. The van der Waals surface area contributed by atoms with Gasteiger partial charge in [0.1, 0.15) is 0 Å². The second-order valence-electron chi connectivity index (χ2n) is 10.9. The Morgan fingerprint density at radius 2 is 1.15 bits per heavy atom. The Labute approximate surface area is 235 Å². The van der Waals surface area contributed by atoms with E-state index in [9.17, 15) is 9.59 Å². The quantitative estimate of drug-likeness (QED) is 0.170. The van der Waals surface area contributed by atoms with Crippen LogP contribution in [0.25, 0.3) is 0 Å².